The highest BCUT2D eigenvalue weighted by Gasteiger charge is 2.27. The van der Waals surface area contributed by atoms with Crippen LogP contribution in [-0.2, 0) is 0 Å². The van der Waals surface area contributed by atoms with Gasteiger partial charge in [0.05, 0.1) is 13.2 Å². The van der Waals surface area contributed by atoms with E-state index < -0.39 is 0 Å². The number of para-hydroxylation sites is 2. The maximum atomic E-state index is 12.9. The van der Waals surface area contributed by atoms with Crippen molar-refractivity contribution in [3.05, 3.63) is 65.4 Å². The molecule has 0 saturated carbocycles. The molecular formula is C23H26N2O3. The predicted molar refractivity (Wildman–Crippen MR) is 110 cm³/mol. The number of aryl methyl sites for hydroxylation is 1. The standard InChI is InChI=1S/C23H26N2O3/c1-16-17-9-3-6-12-21(17)28-22(16)23(26)24-15-19(25-13-7-8-14-25)18-10-4-5-11-20(18)27-2/h3-6,9-12,19H,7-8,13-15H2,1-2H3,(H,24,26)/t19-/m1/s1. The number of furan rings is 1. The number of carbonyl (C=O) groups excluding carboxylic acids is 1. The molecule has 0 bridgehead atoms. The van der Waals surface area contributed by atoms with Gasteiger partial charge < -0.3 is 14.5 Å². The Hall–Kier alpha value is -2.79. The third-order valence-corrected chi connectivity index (χ3v) is 5.59. The SMILES string of the molecule is COc1ccccc1[C@@H](CNC(=O)c1oc2ccccc2c1C)N1CCCC1. The molecule has 1 atom stereocenters. The molecule has 1 amide bonds. The van der Waals surface area contributed by atoms with Crippen LogP contribution in [-0.4, -0.2) is 37.6 Å². The van der Waals surface area contributed by atoms with E-state index in [9.17, 15) is 4.79 Å². The van der Waals surface area contributed by atoms with Crippen LogP contribution in [0.4, 0.5) is 0 Å². The van der Waals surface area contributed by atoms with Crippen LogP contribution in [0.3, 0.4) is 0 Å². The van der Waals surface area contributed by atoms with Crippen molar-refractivity contribution in [2.75, 3.05) is 26.7 Å². The fourth-order valence-corrected chi connectivity index (χ4v) is 4.09. The summed E-state index contributed by atoms with van der Waals surface area (Å²) in [5.74, 6) is 1.07. The second kappa shape index (κ2) is 8.07. The minimum Gasteiger partial charge on any atom is -0.496 e. The molecule has 1 saturated heterocycles. The Kier molecular flexibility index (Phi) is 5.35. The molecule has 2 heterocycles. The van der Waals surface area contributed by atoms with Crippen LogP contribution in [0.5, 0.6) is 5.75 Å². The molecule has 1 aliphatic rings. The van der Waals surface area contributed by atoms with Gasteiger partial charge in [0.1, 0.15) is 11.3 Å². The number of carbonyl (C=O) groups is 1. The number of likely N-dealkylation sites (tertiary alicyclic amines) is 1. The van der Waals surface area contributed by atoms with Gasteiger partial charge in [-0.05, 0) is 45.0 Å². The van der Waals surface area contributed by atoms with Crippen molar-refractivity contribution in [2.24, 2.45) is 0 Å². The van der Waals surface area contributed by atoms with E-state index in [0.717, 1.165) is 40.9 Å². The molecule has 0 spiro atoms. The van der Waals surface area contributed by atoms with Gasteiger partial charge in [0.2, 0.25) is 0 Å². The third-order valence-electron chi connectivity index (χ3n) is 5.59. The highest BCUT2D eigenvalue weighted by molar-refractivity contribution is 5.98. The van der Waals surface area contributed by atoms with E-state index in [4.69, 9.17) is 9.15 Å². The average molecular weight is 378 g/mol. The van der Waals surface area contributed by atoms with Crippen LogP contribution in [0.1, 0.15) is 40.6 Å². The number of fused-ring (bicyclic) bond motifs is 1. The van der Waals surface area contributed by atoms with Gasteiger partial charge >= 0.3 is 0 Å². The number of methoxy groups -OCH3 is 1. The smallest absolute Gasteiger partial charge is 0.287 e. The number of rotatable bonds is 6. The van der Waals surface area contributed by atoms with Crippen LogP contribution >= 0.6 is 0 Å². The molecular weight excluding hydrogens is 352 g/mol. The summed E-state index contributed by atoms with van der Waals surface area (Å²) in [6.07, 6.45) is 2.37. The topological polar surface area (TPSA) is 54.7 Å². The Morgan fingerprint density at radius 3 is 2.61 bits per heavy atom. The number of ether oxygens (including phenoxy) is 1. The minimum atomic E-state index is -0.173. The number of nitrogens with zero attached hydrogens (tertiary/aromatic N) is 1. The maximum absolute atomic E-state index is 12.9. The number of hydrogen-bond donors (Lipinski definition) is 1. The van der Waals surface area contributed by atoms with E-state index in [-0.39, 0.29) is 11.9 Å². The molecule has 0 aliphatic carbocycles. The van der Waals surface area contributed by atoms with Gasteiger partial charge in [-0.2, -0.15) is 0 Å². The molecule has 5 nitrogen and oxygen atoms in total. The summed E-state index contributed by atoms with van der Waals surface area (Å²) in [5, 5.41) is 4.08. The van der Waals surface area contributed by atoms with Crippen molar-refractivity contribution in [1.82, 2.24) is 10.2 Å². The van der Waals surface area contributed by atoms with Gasteiger partial charge in [-0.15, -0.1) is 0 Å². The monoisotopic (exact) mass is 378 g/mol. The zero-order valence-corrected chi connectivity index (χ0v) is 16.4. The van der Waals surface area contributed by atoms with Gasteiger partial charge in [-0.3, -0.25) is 9.69 Å². The molecule has 5 heteroatoms. The van der Waals surface area contributed by atoms with Gasteiger partial charge in [0.25, 0.3) is 5.91 Å². The average Bonchev–Trinajstić information content (AvgIpc) is 3.37. The second-order valence-corrected chi connectivity index (χ2v) is 7.26. The summed E-state index contributed by atoms with van der Waals surface area (Å²) in [4.78, 5) is 15.3. The molecule has 4 rings (SSSR count). The lowest BCUT2D eigenvalue weighted by Gasteiger charge is -2.29. The van der Waals surface area contributed by atoms with E-state index in [2.05, 4.69) is 16.3 Å². The number of hydrogen-bond acceptors (Lipinski definition) is 4. The molecule has 1 aliphatic heterocycles. The second-order valence-electron chi connectivity index (χ2n) is 7.26. The minimum absolute atomic E-state index is 0.0762. The molecule has 2 aromatic carbocycles. The Morgan fingerprint density at radius 2 is 1.86 bits per heavy atom. The fraction of sp³-hybridized carbons (Fsp3) is 0.348. The van der Waals surface area contributed by atoms with Crippen molar-refractivity contribution in [1.29, 1.82) is 0 Å². The van der Waals surface area contributed by atoms with E-state index in [1.165, 1.54) is 12.8 Å². The van der Waals surface area contributed by atoms with Crippen LogP contribution in [0.15, 0.2) is 52.9 Å². The van der Waals surface area contributed by atoms with E-state index in [1.54, 1.807) is 7.11 Å². The first kappa shape index (κ1) is 18.6. The zero-order valence-electron chi connectivity index (χ0n) is 16.4. The van der Waals surface area contributed by atoms with E-state index in [0.29, 0.717) is 12.3 Å². The van der Waals surface area contributed by atoms with Gasteiger partial charge in [-0.1, -0.05) is 36.4 Å². The largest absolute Gasteiger partial charge is 0.496 e. The summed E-state index contributed by atoms with van der Waals surface area (Å²) in [6.45, 7) is 4.50. The van der Waals surface area contributed by atoms with Crippen LogP contribution < -0.4 is 10.1 Å². The normalized spacial score (nSPS) is 15.6. The summed E-state index contributed by atoms with van der Waals surface area (Å²) in [5.41, 5.74) is 2.72. The van der Waals surface area contributed by atoms with E-state index >= 15 is 0 Å². The zero-order chi connectivity index (χ0) is 19.5. The lowest BCUT2D eigenvalue weighted by atomic mass is 10.0. The summed E-state index contributed by atoms with van der Waals surface area (Å²) >= 11 is 0. The Labute approximate surface area is 165 Å². The fourth-order valence-electron chi connectivity index (χ4n) is 4.09. The van der Waals surface area contributed by atoms with Crippen LogP contribution in [0.25, 0.3) is 11.0 Å². The van der Waals surface area contributed by atoms with Crippen molar-refractivity contribution < 1.29 is 13.9 Å². The molecule has 0 radical (unpaired) electrons. The number of amides is 1. The number of benzene rings is 2. The Balaban J connectivity index is 1.57. The molecule has 1 N–H and O–H groups in total. The third kappa shape index (κ3) is 3.50. The van der Waals surface area contributed by atoms with Gasteiger partial charge in [-0.25, -0.2) is 0 Å². The van der Waals surface area contributed by atoms with Crippen molar-refractivity contribution in [2.45, 2.75) is 25.8 Å². The predicted octanol–water partition coefficient (Wildman–Crippen LogP) is 4.32. The first-order chi connectivity index (χ1) is 13.7. The van der Waals surface area contributed by atoms with Gasteiger partial charge in [0.15, 0.2) is 5.76 Å². The molecule has 0 unspecified atom stereocenters. The molecule has 28 heavy (non-hydrogen) atoms. The Bertz CT molecular complexity index is 973. The van der Waals surface area contributed by atoms with Crippen LogP contribution in [0.2, 0.25) is 0 Å². The molecule has 146 valence electrons. The highest BCUT2D eigenvalue weighted by atomic mass is 16.5. The van der Waals surface area contributed by atoms with Gasteiger partial charge in [0, 0.05) is 23.1 Å². The first-order valence-electron chi connectivity index (χ1n) is 9.82. The van der Waals surface area contributed by atoms with Crippen molar-refractivity contribution in [3.63, 3.8) is 0 Å². The van der Waals surface area contributed by atoms with Crippen molar-refractivity contribution >= 4 is 16.9 Å². The lowest BCUT2D eigenvalue weighted by Crippen LogP contribution is -2.37. The maximum Gasteiger partial charge on any atom is 0.287 e. The molecule has 3 aromatic rings. The first-order valence-corrected chi connectivity index (χ1v) is 9.82. The molecule has 1 fully saturated rings. The molecule has 1 aromatic heterocycles. The van der Waals surface area contributed by atoms with E-state index in [1.807, 2.05) is 49.4 Å². The summed E-state index contributed by atoms with van der Waals surface area (Å²) in [6, 6.07) is 15.9. The van der Waals surface area contributed by atoms with Crippen LogP contribution in [0, 0.1) is 6.92 Å². The van der Waals surface area contributed by atoms with Crippen molar-refractivity contribution in [3.8, 4) is 5.75 Å². The lowest BCUT2D eigenvalue weighted by molar-refractivity contribution is 0.0911. The summed E-state index contributed by atoms with van der Waals surface area (Å²) < 4.78 is 11.4. The number of nitrogens with one attached hydrogen (secondary N) is 1. The quantitative estimate of drug-likeness (QED) is 0.694. The summed E-state index contributed by atoms with van der Waals surface area (Å²) in [7, 11) is 1.69. The Morgan fingerprint density at radius 1 is 1.14 bits per heavy atom. The highest BCUT2D eigenvalue weighted by Crippen LogP contribution is 2.31.